The summed E-state index contributed by atoms with van der Waals surface area (Å²) < 4.78 is 7.34. The first kappa shape index (κ1) is 20.4. The summed E-state index contributed by atoms with van der Waals surface area (Å²) in [5.74, 6) is -0.133. The first-order valence-corrected chi connectivity index (χ1v) is 10.2. The number of aryl methyl sites for hydroxylation is 1. The zero-order chi connectivity index (χ0) is 19.9. The largest absolute Gasteiger partial charge is 0.483 e. The lowest BCUT2D eigenvalue weighted by molar-refractivity contribution is -0.130. The molecule has 0 radical (unpaired) electrons. The van der Waals surface area contributed by atoms with Crippen molar-refractivity contribution in [2.24, 2.45) is 0 Å². The standard InChI is InChI=1S/C21H18Br2N2O3/c22-16-8-9-17-15(12-16)7-10-18(21(17)23)28-13-20(27)25-24-19(26)11-6-14-4-2-1-3-5-14/h1-5,7-10,12H,6,11,13H2,(H,24,26)(H,25,27). The van der Waals surface area contributed by atoms with Crippen LogP contribution < -0.4 is 15.6 Å². The lowest BCUT2D eigenvalue weighted by Gasteiger charge is -2.11. The van der Waals surface area contributed by atoms with Crippen LogP contribution in [0.25, 0.3) is 10.8 Å². The quantitative estimate of drug-likeness (QED) is 0.484. The van der Waals surface area contributed by atoms with Gasteiger partial charge in [-0.25, -0.2) is 0 Å². The smallest absolute Gasteiger partial charge is 0.276 e. The number of hydrogen-bond donors (Lipinski definition) is 2. The van der Waals surface area contributed by atoms with Crippen molar-refractivity contribution in [1.82, 2.24) is 10.9 Å². The van der Waals surface area contributed by atoms with Gasteiger partial charge in [-0.3, -0.25) is 20.4 Å². The molecule has 0 saturated carbocycles. The van der Waals surface area contributed by atoms with Crippen molar-refractivity contribution in [3.05, 3.63) is 75.2 Å². The van der Waals surface area contributed by atoms with E-state index in [2.05, 4.69) is 42.7 Å². The van der Waals surface area contributed by atoms with E-state index in [9.17, 15) is 9.59 Å². The molecule has 0 bridgehead atoms. The third-order valence-electron chi connectivity index (χ3n) is 4.06. The molecular weight excluding hydrogens is 488 g/mol. The number of carbonyl (C=O) groups is 2. The van der Waals surface area contributed by atoms with Gasteiger partial charge >= 0.3 is 0 Å². The molecule has 0 aliphatic heterocycles. The third kappa shape index (κ3) is 5.56. The zero-order valence-corrected chi connectivity index (χ0v) is 18.0. The van der Waals surface area contributed by atoms with Crippen molar-refractivity contribution in [3.63, 3.8) is 0 Å². The summed E-state index contributed by atoms with van der Waals surface area (Å²) in [6.45, 7) is -0.209. The molecule has 2 amide bonds. The number of ether oxygens (including phenoxy) is 1. The number of hydrogen-bond acceptors (Lipinski definition) is 3. The molecule has 0 spiro atoms. The highest BCUT2D eigenvalue weighted by atomic mass is 79.9. The monoisotopic (exact) mass is 504 g/mol. The molecule has 0 heterocycles. The maximum atomic E-state index is 11.9. The van der Waals surface area contributed by atoms with E-state index in [1.165, 1.54) is 0 Å². The molecule has 0 saturated heterocycles. The molecule has 3 aromatic carbocycles. The number of fused-ring (bicyclic) bond motifs is 1. The summed E-state index contributed by atoms with van der Waals surface area (Å²) in [6, 6.07) is 19.3. The summed E-state index contributed by atoms with van der Waals surface area (Å²) in [5, 5.41) is 2.03. The van der Waals surface area contributed by atoms with E-state index in [0.29, 0.717) is 12.2 Å². The molecule has 28 heavy (non-hydrogen) atoms. The van der Waals surface area contributed by atoms with Crippen molar-refractivity contribution in [2.75, 3.05) is 6.61 Å². The summed E-state index contributed by atoms with van der Waals surface area (Å²) in [6.07, 6.45) is 0.899. The van der Waals surface area contributed by atoms with Gasteiger partial charge in [0.05, 0.1) is 4.47 Å². The fraction of sp³-hybridized carbons (Fsp3) is 0.143. The Morgan fingerprint density at radius 3 is 2.43 bits per heavy atom. The Labute approximate surface area is 179 Å². The van der Waals surface area contributed by atoms with Gasteiger partial charge in [-0.1, -0.05) is 58.4 Å². The van der Waals surface area contributed by atoms with E-state index < -0.39 is 5.91 Å². The minimum Gasteiger partial charge on any atom is -0.483 e. The Morgan fingerprint density at radius 2 is 1.64 bits per heavy atom. The third-order valence-corrected chi connectivity index (χ3v) is 5.38. The molecular formula is C21H18Br2N2O3. The lowest BCUT2D eigenvalue weighted by Crippen LogP contribution is -2.43. The second-order valence-corrected chi connectivity index (χ2v) is 7.82. The van der Waals surface area contributed by atoms with Gasteiger partial charge in [-0.05, 0) is 56.9 Å². The highest BCUT2D eigenvalue weighted by molar-refractivity contribution is 9.11. The molecule has 7 heteroatoms. The molecule has 0 atom stereocenters. The van der Waals surface area contributed by atoms with Crippen LogP contribution in [0, 0.1) is 0 Å². The van der Waals surface area contributed by atoms with E-state index in [0.717, 1.165) is 25.3 Å². The Kier molecular flexibility index (Phi) is 7.06. The van der Waals surface area contributed by atoms with Crippen LogP contribution in [0.5, 0.6) is 5.75 Å². The van der Waals surface area contributed by atoms with Crippen LogP contribution >= 0.6 is 31.9 Å². The SMILES string of the molecule is O=C(CCc1ccccc1)NNC(=O)COc1ccc2cc(Br)ccc2c1Br. The Bertz CT molecular complexity index is 994. The van der Waals surface area contributed by atoms with Gasteiger partial charge in [0, 0.05) is 10.9 Å². The van der Waals surface area contributed by atoms with Crippen LogP contribution in [-0.2, 0) is 16.0 Å². The molecule has 2 N–H and O–H groups in total. The van der Waals surface area contributed by atoms with Crippen molar-refractivity contribution in [1.29, 1.82) is 0 Å². The van der Waals surface area contributed by atoms with Gasteiger partial charge in [0.25, 0.3) is 5.91 Å². The maximum Gasteiger partial charge on any atom is 0.276 e. The Balaban J connectivity index is 1.46. The van der Waals surface area contributed by atoms with Crippen molar-refractivity contribution in [2.45, 2.75) is 12.8 Å². The van der Waals surface area contributed by atoms with Crippen LogP contribution in [0.15, 0.2) is 69.6 Å². The summed E-state index contributed by atoms with van der Waals surface area (Å²) in [7, 11) is 0. The molecule has 144 valence electrons. The van der Waals surface area contributed by atoms with Crippen molar-refractivity contribution >= 4 is 54.4 Å². The normalized spacial score (nSPS) is 10.5. The summed E-state index contributed by atoms with van der Waals surface area (Å²) in [4.78, 5) is 23.8. The van der Waals surface area contributed by atoms with Crippen LogP contribution in [0.1, 0.15) is 12.0 Å². The van der Waals surface area contributed by atoms with Gasteiger partial charge in [0.15, 0.2) is 6.61 Å². The van der Waals surface area contributed by atoms with Crippen LogP contribution in [0.3, 0.4) is 0 Å². The van der Waals surface area contributed by atoms with Gasteiger partial charge in [-0.15, -0.1) is 0 Å². The molecule has 3 aromatic rings. The number of halogens is 2. The molecule has 0 aliphatic carbocycles. The number of amides is 2. The van der Waals surface area contributed by atoms with Crippen LogP contribution in [0.2, 0.25) is 0 Å². The van der Waals surface area contributed by atoms with Gasteiger partial charge < -0.3 is 4.74 Å². The number of rotatable bonds is 6. The van der Waals surface area contributed by atoms with Crippen molar-refractivity contribution in [3.8, 4) is 5.75 Å². The van der Waals surface area contributed by atoms with E-state index in [1.54, 1.807) is 6.07 Å². The predicted octanol–water partition coefficient (Wildman–Crippen LogP) is 4.52. The van der Waals surface area contributed by atoms with E-state index >= 15 is 0 Å². The van der Waals surface area contributed by atoms with Gasteiger partial charge in [-0.2, -0.15) is 0 Å². The minimum absolute atomic E-state index is 0.209. The van der Waals surface area contributed by atoms with Crippen LogP contribution in [0.4, 0.5) is 0 Å². The average molecular weight is 506 g/mol. The predicted molar refractivity (Wildman–Crippen MR) is 116 cm³/mol. The van der Waals surface area contributed by atoms with Gasteiger partial charge in [0.2, 0.25) is 5.91 Å². The van der Waals surface area contributed by atoms with E-state index in [1.807, 2.05) is 54.6 Å². The molecule has 5 nitrogen and oxygen atoms in total. The Hall–Kier alpha value is -2.38. The lowest BCUT2D eigenvalue weighted by atomic mass is 10.1. The number of hydrazine groups is 1. The second-order valence-electron chi connectivity index (χ2n) is 6.11. The first-order chi connectivity index (χ1) is 13.5. The van der Waals surface area contributed by atoms with E-state index in [-0.39, 0.29) is 18.9 Å². The second kappa shape index (κ2) is 9.71. The summed E-state index contributed by atoms with van der Waals surface area (Å²) >= 11 is 6.96. The highest BCUT2D eigenvalue weighted by Crippen LogP contribution is 2.34. The first-order valence-electron chi connectivity index (χ1n) is 8.65. The summed E-state index contributed by atoms with van der Waals surface area (Å²) in [5.41, 5.74) is 5.84. The Morgan fingerprint density at radius 1 is 0.893 bits per heavy atom. The average Bonchev–Trinajstić information content (AvgIpc) is 2.71. The molecule has 0 unspecified atom stereocenters. The molecule has 0 aromatic heterocycles. The molecule has 0 aliphatic rings. The number of benzene rings is 3. The molecule has 3 rings (SSSR count). The number of nitrogens with one attached hydrogen (secondary N) is 2. The minimum atomic E-state index is -0.434. The molecule has 0 fully saturated rings. The van der Waals surface area contributed by atoms with Gasteiger partial charge in [0.1, 0.15) is 5.75 Å². The topological polar surface area (TPSA) is 67.4 Å². The van der Waals surface area contributed by atoms with Crippen molar-refractivity contribution < 1.29 is 14.3 Å². The van der Waals surface area contributed by atoms with Crippen LogP contribution in [-0.4, -0.2) is 18.4 Å². The fourth-order valence-corrected chi connectivity index (χ4v) is 3.62. The maximum absolute atomic E-state index is 11.9. The fourth-order valence-electron chi connectivity index (χ4n) is 2.64. The number of carbonyl (C=O) groups excluding carboxylic acids is 2. The zero-order valence-electron chi connectivity index (χ0n) is 14.9. The van der Waals surface area contributed by atoms with E-state index in [4.69, 9.17) is 4.74 Å². The highest BCUT2D eigenvalue weighted by Gasteiger charge is 2.10.